The molecule has 0 bridgehead atoms. The molecule has 9 heterocycles. The van der Waals surface area contributed by atoms with Crippen LogP contribution in [0.25, 0.3) is 182 Å². The van der Waals surface area contributed by atoms with Crippen LogP contribution in [0, 0.1) is 20.8 Å². The highest BCUT2D eigenvalue weighted by molar-refractivity contribution is 7.27. The van der Waals surface area contributed by atoms with Crippen LogP contribution in [0.3, 0.4) is 0 Å². The Morgan fingerprint density at radius 3 is 1.50 bits per heavy atom. The summed E-state index contributed by atoms with van der Waals surface area (Å²) in [6.45, 7) is 14.7. The predicted octanol–water partition coefficient (Wildman–Crippen LogP) is 28.0. The van der Waals surface area contributed by atoms with Crippen molar-refractivity contribution in [2.24, 2.45) is 0 Å². The Morgan fingerprint density at radius 2 is 0.832 bits per heavy atom. The number of hydrogen-bond acceptors (Lipinski definition) is 5. The lowest BCUT2D eigenvalue weighted by molar-refractivity contribution is 0.297. The number of thiophene rings is 3. The lowest BCUT2D eigenvalue weighted by atomic mass is 9.43. The molecule has 27 rings (SSSR count). The van der Waals surface area contributed by atoms with Crippen LogP contribution in [0.4, 0.5) is 22.7 Å². The lowest BCUT2D eigenvalue weighted by Crippen LogP contribution is -2.60. The van der Waals surface area contributed by atoms with Crippen LogP contribution in [0.2, 0.25) is 0 Å². The molecular formula is C110H76B2N4S3. The topological polar surface area (TPSA) is 16.3 Å². The van der Waals surface area contributed by atoms with Crippen molar-refractivity contribution >= 4 is 218 Å². The quantitative estimate of drug-likeness (QED) is 0.148. The monoisotopic (exact) mass is 1570 g/mol. The van der Waals surface area contributed by atoms with E-state index in [9.17, 15) is 0 Å². The minimum atomic E-state index is -0.143. The van der Waals surface area contributed by atoms with Crippen LogP contribution >= 0.6 is 34.0 Å². The van der Waals surface area contributed by atoms with Gasteiger partial charge in [-0.2, -0.15) is 0 Å². The Hall–Kier alpha value is -12.8. The fourth-order valence-corrected chi connectivity index (χ4v) is 27.0. The summed E-state index contributed by atoms with van der Waals surface area (Å²) < 4.78 is 13.3. The first-order chi connectivity index (χ1) is 58.4. The first kappa shape index (κ1) is 67.3. The molecule has 560 valence electrons. The zero-order valence-electron chi connectivity index (χ0n) is 66.9. The van der Waals surface area contributed by atoms with E-state index in [4.69, 9.17) is 0 Å². The number of para-hydroxylation sites is 2. The number of benzene rings is 17. The maximum absolute atomic E-state index is 2.83. The van der Waals surface area contributed by atoms with Gasteiger partial charge < -0.3 is 18.8 Å². The average molecular weight is 1570 g/mol. The summed E-state index contributed by atoms with van der Waals surface area (Å²) in [5, 5.41) is 18.2. The fourth-order valence-electron chi connectivity index (χ4n) is 23.6. The minimum Gasteiger partial charge on any atom is -0.376 e. The summed E-state index contributed by atoms with van der Waals surface area (Å²) >= 11 is 5.76. The predicted molar refractivity (Wildman–Crippen MR) is 516 cm³/mol. The zero-order valence-corrected chi connectivity index (χ0v) is 69.3. The second-order valence-corrected chi connectivity index (χ2v) is 38.9. The number of anilines is 4. The molecule has 119 heavy (non-hydrogen) atoms. The maximum Gasteiger partial charge on any atom is 0.333 e. The van der Waals surface area contributed by atoms with E-state index < -0.39 is 0 Å². The molecule has 0 saturated heterocycles. The van der Waals surface area contributed by atoms with Gasteiger partial charge in [0, 0.05) is 133 Å². The van der Waals surface area contributed by atoms with Crippen LogP contribution in [0.1, 0.15) is 73.4 Å². The first-order valence-electron chi connectivity index (χ1n) is 42.3. The number of fused-ring (bicyclic) bond motifs is 30. The molecule has 22 aromatic rings. The number of hydrogen-bond donors (Lipinski definition) is 0. The van der Waals surface area contributed by atoms with E-state index in [2.05, 4.69) is 364 Å². The second kappa shape index (κ2) is 24.0. The normalized spacial score (nSPS) is 15.5. The van der Waals surface area contributed by atoms with E-state index in [1.165, 1.54) is 260 Å². The third kappa shape index (κ3) is 8.99. The number of aromatic nitrogens is 2. The third-order valence-electron chi connectivity index (χ3n) is 28.8. The van der Waals surface area contributed by atoms with Crippen LogP contribution in [-0.4, -0.2) is 22.8 Å². The van der Waals surface area contributed by atoms with Gasteiger partial charge in [0.1, 0.15) is 0 Å². The lowest BCUT2D eigenvalue weighted by Gasteiger charge is -2.47. The summed E-state index contributed by atoms with van der Waals surface area (Å²) in [4.78, 5) is 5.61. The van der Waals surface area contributed by atoms with Gasteiger partial charge in [-0.15, -0.1) is 34.0 Å². The maximum atomic E-state index is 2.83. The van der Waals surface area contributed by atoms with Crippen LogP contribution in [0.15, 0.2) is 303 Å². The Kier molecular flexibility index (Phi) is 13.6. The molecule has 5 aliphatic rings. The van der Waals surface area contributed by atoms with Crippen LogP contribution in [0.5, 0.6) is 0 Å². The SMILES string of the molecule is Cc1cc2c(cc1N1B3c4c(cc(-c5ccccc5)cc4-n4c5c3cccc5c3ccc5ccccc5c34)-c3c1ccc1sc4ccccc4c31)C(C)(C)CCC2(C)CCc1cc(C)c(-c2cc3c4c(c2)-n2c5ccc6ccccc6c5c5cccc(c52)B4N(c2cccc4sc5ccccc5c24)c2ccc4sc5ccccc5c4c2-3)c(C)c1. The van der Waals surface area contributed by atoms with Crippen molar-refractivity contribution in [1.82, 2.24) is 9.13 Å². The van der Waals surface area contributed by atoms with Gasteiger partial charge in [-0.3, -0.25) is 0 Å². The molecule has 0 fully saturated rings. The first-order valence-corrected chi connectivity index (χ1v) is 44.8. The summed E-state index contributed by atoms with van der Waals surface area (Å²) in [7, 11) is 0. The van der Waals surface area contributed by atoms with Crippen molar-refractivity contribution in [2.75, 3.05) is 9.62 Å². The van der Waals surface area contributed by atoms with E-state index in [0.29, 0.717) is 0 Å². The number of rotatable bonds is 7. The summed E-state index contributed by atoms with van der Waals surface area (Å²) in [6.07, 6.45) is 4.22. The van der Waals surface area contributed by atoms with Crippen molar-refractivity contribution in [3.8, 4) is 55.9 Å². The van der Waals surface area contributed by atoms with Gasteiger partial charge in [0.15, 0.2) is 0 Å². The fraction of sp³-hybridized carbons (Fsp3) is 0.109. The van der Waals surface area contributed by atoms with Crippen molar-refractivity contribution in [2.45, 2.75) is 78.1 Å². The molecule has 17 aromatic carbocycles. The molecule has 0 N–H and O–H groups in total. The minimum absolute atomic E-state index is 0.0805. The van der Waals surface area contributed by atoms with Gasteiger partial charge in [-0.25, -0.2) is 0 Å². The third-order valence-corrected chi connectivity index (χ3v) is 32.2. The Bertz CT molecular complexity index is 8370. The van der Waals surface area contributed by atoms with E-state index in [0.717, 1.165) is 25.7 Å². The van der Waals surface area contributed by atoms with Gasteiger partial charge in [0.05, 0.1) is 22.1 Å². The molecule has 4 aliphatic heterocycles. The zero-order chi connectivity index (χ0) is 78.5. The number of nitrogens with zero attached hydrogens (tertiary/aromatic N) is 4. The van der Waals surface area contributed by atoms with Gasteiger partial charge in [-0.05, 0) is 253 Å². The van der Waals surface area contributed by atoms with Gasteiger partial charge in [0.2, 0.25) is 0 Å². The molecule has 1 atom stereocenters. The molecule has 0 spiro atoms. The molecule has 0 amide bonds. The van der Waals surface area contributed by atoms with E-state index in [-0.39, 0.29) is 24.5 Å². The largest absolute Gasteiger partial charge is 0.376 e. The van der Waals surface area contributed by atoms with E-state index in [1.807, 2.05) is 34.0 Å². The smallest absolute Gasteiger partial charge is 0.333 e. The highest BCUT2D eigenvalue weighted by Gasteiger charge is 2.50. The highest BCUT2D eigenvalue weighted by Crippen LogP contribution is 2.58. The molecule has 0 saturated carbocycles. The Labute approximate surface area is 701 Å². The molecule has 1 aliphatic carbocycles. The van der Waals surface area contributed by atoms with Crippen molar-refractivity contribution < 1.29 is 0 Å². The standard InChI is InChI=1S/C110H76B2N4S3/c1-61-55-81-80(60-88(61)116-87-46-48-96-102(75-30-15-18-38-92(75)119-96)100(87)78-56-68(65-23-8-7-9-24-65)58-90-105(78)112(116)82-34-20-32-72-73-43-41-67-26-11-13-28-71(67)106(73)114(90)107(72)82)109(4,5)51-52-110(81,6)50-49-64-53-62(2)97(63(3)54-64)69-57-79-101-86(45-47-95-103(101)76-31-16-19-39-93(76)118-95)115(85-36-22-40-94-99(85)74-29-14-17-37-91(74)117-94)111-83-35-21-33-77-98-70-27-12-10-25-66(70)42-44-84(98)113(108(77)83)89(59-69)104(79)111/h7-48,53-60H,49-52H2,1-6H3. The van der Waals surface area contributed by atoms with Crippen molar-refractivity contribution in [3.63, 3.8) is 0 Å². The Morgan fingerprint density at radius 1 is 0.319 bits per heavy atom. The van der Waals surface area contributed by atoms with Gasteiger partial charge in [0.25, 0.3) is 0 Å². The molecule has 4 nitrogen and oxygen atoms in total. The van der Waals surface area contributed by atoms with Gasteiger partial charge >= 0.3 is 13.7 Å². The van der Waals surface area contributed by atoms with Crippen LogP contribution in [-0.2, 0) is 17.3 Å². The summed E-state index contributed by atoms with van der Waals surface area (Å²) in [6, 6.07) is 118. The van der Waals surface area contributed by atoms with Crippen molar-refractivity contribution in [1.29, 1.82) is 0 Å². The average Bonchev–Trinajstić information content (AvgIpc) is 1.60. The second-order valence-electron chi connectivity index (χ2n) is 35.7. The Balaban J connectivity index is 0.622. The molecule has 5 aromatic heterocycles. The molecular weight excluding hydrogens is 1500 g/mol. The molecule has 0 radical (unpaired) electrons. The molecule has 9 heteroatoms. The summed E-state index contributed by atoms with van der Waals surface area (Å²) in [5.74, 6) is 0. The van der Waals surface area contributed by atoms with Crippen LogP contribution < -0.4 is 31.5 Å². The van der Waals surface area contributed by atoms with Crippen molar-refractivity contribution in [3.05, 3.63) is 337 Å². The summed E-state index contributed by atoms with van der Waals surface area (Å²) in [5.41, 5.74) is 36.6. The van der Waals surface area contributed by atoms with Gasteiger partial charge in [-0.1, -0.05) is 233 Å². The van der Waals surface area contributed by atoms with E-state index >= 15 is 0 Å². The highest BCUT2D eigenvalue weighted by atomic mass is 32.1. The molecule has 1 unspecified atom stereocenters. The van der Waals surface area contributed by atoms with E-state index in [1.54, 1.807) is 0 Å². The number of aryl methyl sites for hydroxylation is 4.